The molecule has 0 aliphatic heterocycles. The first-order chi connectivity index (χ1) is 7.90. The van der Waals surface area contributed by atoms with Crippen molar-refractivity contribution < 1.29 is 9.53 Å². The Kier molecular flexibility index (Phi) is 4.37. The van der Waals surface area contributed by atoms with Crippen molar-refractivity contribution in [2.75, 3.05) is 7.11 Å². The Morgan fingerprint density at radius 2 is 2.06 bits per heavy atom. The van der Waals surface area contributed by atoms with E-state index in [0.717, 1.165) is 11.3 Å². The molecule has 0 aliphatic carbocycles. The molecular formula is C13H20N2O2. The summed E-state index contributed by atoms with van der Waals surface area (Å²) >= 11 is 0. The Balaban J connectivity index is 2.47. The van der Waals surface area contributed by atoms with Crippen molar-refractivity contribution in [1.82, 2.24) is 10.6 Å². The van der Waals surface area contributed by atoms with Gasteiger partial charge in [-0.15, -0.1) is 0 Å². The summed E-state index contributed by atoms with van der Waals surface area (Å²) in [5.74, 6) is 0.792. The van der Waals surface area contributed by atoms with Crippen LogP contribution in [0.4, 0.5) is 4.79 Å². The molecule has 2 N–H and O–H groups in total. The summed E-state index contributed by atoms with van der Waals surface area (Å²) in [6.45, 7) is 6.31. The van der Waals surface area contributed by atoms with Crippen LogP contribution in [0.2, 0.25) is 0 Å². The third kappa shape index (κ3) is 5.24. The van der Waals surface area contributed by atoms with Crippen LogP contribution < -0.4 is 15.4 Å². The summed E-state index contributed by atoms with van der Waals surface area (Å²) in [4.78, 5) is 11.5. The van der Waals surface area contributed by atoms with Crippen LogP contribution in [0.1, 0.15) is 26.3 Å². The molecule has 0 heterocycles. The Morgan fingerprint density at radius 3 is 2.65 bits per heavy atom. The largest absolute Gasteiger partial charge is 0.497 e. The molecule has 0 atom stereocenters. The van der Waals surface area contributed by atoms with Crippen molar-refractivity contribution in [3.63, 3.8) is 0 Å². The van der Waals surface area contributed by atoms with Gasteiger partial charge < -0.3 is 15.4 Å². The Morgan fingerprint density at radius 1 is 1.35 bits per heavy atom. The van der Waals surface area contributed by atoms with Crippen molar-refractivity contribution in [2.24, 2.45) is 0 Å². The topological polar surface area (TPSA) is 50.4 Å². The summed E-state index contributed by atoms with van der Waals surface area (Å²) in [5.41, 5.74) is 0.784. The molecule has 0 saturated heterocycles. The van der Waals surface area contributed by atoms with Gasteiger partial charge in [-0.2, -0.15) is 0 Å². The van der Waals surface area contributed by atoms with Gasteiger partial charge in [0, 0.05) is 12.1 Å². The van der Waals surface area contributed by atoms with Crippen LogP contribution in [-0.4, -0.2) is 18.7 Å². The number of methoxy groups -OCH3 is 1. The predicted octanol–water partition coefficient (Wildman–Crippen LogP) is 2.29. The predicted molar refractivity (Wildman–Crippen MR) is 68.1 cm³/mol. The highest BCUT2D eigenvalue weighted by atomic mass is 16.5. The van der Waals surface area contributed by atoms with Crippen molar-refractivity contribution in [1.29, 1.82) is 0 Å². The lowest BCUT2D eigenvalue weighted by Crippen LogP contribution is -2.46. The van der Waals surface area contributed by atoms with E-state index in [2.05, 4.69) is 10.6 Å². The van der Waals surface area contributed by atoms with Crippen LogP contribution in [0.25, 0.3) is 0 Å². The van der Waals surface area contributed by atoms with E-state index in [1.54, 1.807) is 7.11 Å². The van der Waals surface area contributed by atoms with Gasteiger partial charge in [0.2, 0.25) is 0 Å². The zero-order valence-electron chi connectivity index (χ0n) is 10.8. The number of nitrogens with one attached hydrogen (secondary N) is 2. The van der Waals surface area contributed by atoms with Crippen LogP contribution in [0, 0.1) is 0 Å². The molecule has 0 spiro atoms. The quantitative estimate of drug-likeness (QED) is 0.846. The van der Waals surface area contributed by atoms with Gasteiger partial charge in [0.05, 0.1) is 7.11 Å². The molecule has 17 heavy (non-hydrogen) atoms. The van der Waals surface area contributed by atoms with Crippen LogP contribution in [-0.2, 0) is 6.54 Å². The second-order valence-corrected chi connectivity index (χ2v) is 4.91. The number of hydrogen-bond donors (Lipinski definition) is 2. The van der Waals surface area contributed by atoms with Crippen LogP contribution >= 0.6 is 0 Å². The van der Waals surface area contributed by atoms with Crippen LogP contribution in [0.15, 0.2) is 24.3 Å². The molecule has 0 radical (unpaired) electrons. The summed E-state index contributed by atoms with van der Waals surface area (Å²) in [5, 5.41) is 5.64. The van der Waals surface area contributed by atoms with Crippen molar-refractivity contribution >= 4 is 6.03 Å². The van der Waals surface area contributed by atoms with Crippen molar-refractivity contribution in [2.45, 2.75) is 32.9 Å². The first kappa shape index (κ1) is 13.4. The molecule has 4 heteroatoms. The fraction of sp³-hybridized carbons (Fsp3) is 0.462. The second kappa shape index (κ2) is 5.57. The number of ether oxygens (including phenoxy) is 1. The minimum Gasteiger partial charge on any atom is -0.497 e. The van der Waals surface area contributed by atoms with Gasteiger partial charge in [0.25, 0.3) is 0 Å². The Hall–Kier alpha value is -1.71. The highest BCUT2D eigenvalue weighted by molar-refractivity contribution is 5.74. The first-order valence-corrected chi connectivity index (χ1v) is 5.59. The molecule has 0 fully saturated rings. The van der Waals surface area contributed by atoms with Gasteiger partial charge in [-0.3, -0.25) is 0 Å². The zero-order valence-corrected chi connectivity index (χ0v) is 10.8. The summed E-state index contributed by atoms with van der Waals surface area (Å²) < 4.78 is 5.11. The normalized spacial score (nSPS) is 10.8. The maximum absolute atomic E-state index is 11.5. The number of carbonyl (C=O) groups is 1. The second-order valence-electron chi connectivity index (χ2n) is 4.91. The van der Waals surface area contributed by atoms with Gasteiger partial charge in [0.1, 0.15) is 5.75 Å². The summed E-state index contributed by atoms with van der Waals surface area (Å²) in [6, 6.07) is 7.45. The fourth-order valence-corrected chi connectivity index (χ4v) is 1.35. The van der Waals surface area contributed by atoms with E-state index in [1.165, 1.54) is 0 Å². The summed E-state index contributed by atoms with van der Waals surface area (Å²) in [7, 11) is 1.62. The number of carbonyl (C=O) groups excluding carboxylic acids is 1. The molecule has 94 valence electrons. The molecule has 4 nitrogen and oxygen atoms in total. The molecule has 2 amide bonds. The monoisotopic (exact) mass is 236 g/mol. The molecule has 0 bridgehead atoms. The Labute approximate surface area is 102 Å². The van der Waals surface area contributed by atoms with Gasteiger partial charge in [-0.05, 0) is 38.5 Å². The lowest BCUT2D eigenvalue weighted by Gasteiger charge is -2.20. The maximum Gasteiger partial charge on any atom is 0.315 e. The standard InChI is InChI=1S/C13H20N2O2/c1-13(2,3)15-12(16)14-9-10-6-5-7-11(8-10)17-4/h5-8H,9H2,1-4H3,(H2,14,15,16). The maximum atomic E-state index is 11.5. The number of rotatable bonds is 3. The van der Waals surface area contributed by atoms with E-state index in [-0.39, 0.29) is 11.6 Å². The lowest BCUT2D eigenvalue weighted by molar-refractivity contribution is 0.231. The molecule has 1 aromatic carbocycles. The Bertz CT molecular complexity index is 383. The van der Waals surface area contributed by atoms with Gasteiger partial charge >= 0.3 is 6.03 Å². The number of urea groups is 1. The highest BCUT2D eigenvalue weighted by Crippen LogP contribution is 2.12. The molecule has 0 saturated carbocycles. The third-order valence-electron chi connectivity index (χ3n) is 2.08. The molecule has 0 unspecified atom stereocenters. The average Bonchev–Trinajstić information content (AvgIpc) is 2.24. The lowest BCUT2D eigenvalue weighted by atomic mass is 10.1. The van der Waals surface area contributed by atoms with E-state index < -0.39 is 0 Å². The minimum atomic E-state index is -0.224. The fourth-order valence-electron chi connectivity index (χ4n) is 1.35. The zero-order chi connectivity index (χ0) is 12.9. The number of hydrogen-bond acceptors (Lipinski definition) is 2. The van der Waals surface area contributed by atoms with Crippen molar-refractivity contribution in [3.05, 3.63) is 29.8 Å². The van der Waals surface area contributed by atoms with E-state index in [1.807, 2.05) is 45.0 Å². The molecule has 1 rings (SSSR count). The van der Waals surface area contributed by atoms with Gasteiger partial charge in [0.15, 0.2) is 0 Å². The van der Waals surface area contributed by atoms with Crippen LogP contribution in [0.3, 0.4) is 0 Å². The molecular weight excluding hydrogens is 216 g/mol. The van der Waals surface area contributed by atoms with Gasteiger partial charge in [-0.1, -0.05) is 12.1 Å². The molecule has 0 aromatic heterocycles. The molecule has 0 aliphatic rings. The van der Waals surface area contributed by atoms with E-state index in [4.69, 9.17) is 4.74 Å². The summed E-state index contributed by atoms with van der Waals surface area (Å²) in [6.07, 6.45) is 0. The van der Waals surface area contributed by atoms with E-state index in [0.29, 0.717) is 6.54 Å². The number of amides is 2. The van der Waals surface area contributed by atoms with E-state index >= 15 is 0 Å². The molecule has 1 aromatic rings. The van der Waals surface area contributed by atoms with E-state index in [9.17, 15) is 4.79 Å². The van der Waals surface area contributed by atoms with Crippen LogP contribution in [0.5, 0.6) is 5.75 Å². The number of benzene rings is 1. The SMILES string of the molecule is COc1cccc(CNC(=O)NC(C)(C)C)c1. The van der Waals surface area contributed by atoms with Gasteiger partial charge in [-0.25, -0.2) is 4.79 Å². The average molecular weight is 236 g/mol. The third-order valence-corrected chi connectivity index (χ3v) is 2.08. The minimum absolute atomic E-state index is 0.166. The smallest absolute Gasteiger partial charge is 0.315 e. The van der Waals surface area contributed by atoms with Crippen molar-refractivity contribution in [3.8, 4) is 5.75 Å². The highest BCUT2D eigenvalue weighted by Gasteiger charge is 2.12. The first-order valence-electron chi connectivity index (χ1n) is 5.59.